The van der Waals surface area contributed by atoms with E-state index in [4.69, 9.17) is 0 Å². The summed E-state index contributed by atoms with van der Waals surface area (Å²) in [5, 5.41) is 11.7. The minimum Gasteiger partial charge on any atom is -0.303 e. The molecule has 4 rings (SSSR count). The molecule has 1 aromatic carbocycles. The summed E-state index contributed by atoms with van der Waals surface area (Å²) in [5.74, 6) is 0.713. The number of ketones is 1. The van der Waals surface area contributed by atoms with Crippen LogP contribution in [0.4, 0.5) is 4.39 Å². The largest absolute Gasteiger partial charge is 0.303 e. The zero-order valence-electron chi connectivity index (χ0n) is 15.5. The number of aromatic nitrogens is 3. The lowest BCUT2D eigenvalue weighted by Crippen LogP contribution is -2.17. The van der Waals surface area contributed by atoms with Gasteiger partial charge in [0.1, 0.15) is 11.6 Å². The third-order valence-corrected chi connectivity index (χ3v) is 6.89. The maximum atomic E-state index is 13.4. The number of nitrogens with zero attached hydrogens (tertiary/aromatic N) is 3. The van der Waals surface area contributed by atoms with E-state index in [-0.39, 0.29) is 17.4 Å². The van der Waals surface area contributed by atoms with Crippen LogP contribution in [0.15, 0.2) is 46.9 Å². The number of Topliss-reactive ketones (excluding diaryl/α,β-unsaturated/α-hetero) is 1. The Hall–Kier alpha value is -1.99. The number of benzene rings is 1. The van der Waals surface area contributed by atoms with Crippen molar-refractivity contribution in [3.8, 4) is 0 Å². The van der Waals surface area contributed by atoms with Crippen LogP contribution in [0.2, 0.25) is 0 Å². The zero-order valence-corrected chi connectivity index (χ0v) is 17.1. The summed E-state index contributed by atoms with van der Waals surface area (Å²) in [4.78, 5) is 13.7. The second-order valence-electron chi connectivity index (χ2n) is 7.04. The lowest BCUT2D eigenvalue weighted by atomic mass is 9.95. The first-order valence-electron chi connectivity index (χ1n) is 9.58. The normalized spacial score (nSPS) is 15.0. The van der Waals surface area contributed by atoms with E-state index in [2.05, 4.69) is 32.3 Å². The van der Waals surface area contributed by atoms with Crippen LogP contribution in [-0.4, -0.2) is 26.3 Å². The number of carbonyl (C=O) groups is 1. The third-order valence-electron chi connectivity index (χ3n) is 5.07. The molecule has 0 bridgehead atoms. The Labute approximate surface area is 172 Å². The minimum atomic E-state index is -0.389. The Balaban J connectivity index is 1.53. The van der Waals surface area contributed by atoms with Gasteiger partial charge < -0.3 is 4.57 Å². The van der Waals surface area contributed by atoms with Gasteiger partial charge in [-0.15, -0.1) is 21.5 Å². The standard InChI is InChI=1S/C21H22FN3OS2/c22-16-7-4-6-15(12-16)19(26)14-28-21-24-23-20(13-18-10-5-11-27-18)25(21)17-8-2-1-3-9-17/h4-7,10-12,17H,1-3,8-9,13-14H2. The second-order valence-corrected chi connectivity index (χ2v) is 9.01. The highest BCUT2D eigenvalue weighted by Gasteiger charge is 2.24. The van der Waals surface area contributed by atoms with Crippen molar-refractivity contribution in [2.75, 3.05) is 5.75 Å². The smallest absolute Gasteiger partial charge is 0.191 e. The maximum Gasteiger partial charge on any atom is 0.191 e. The lowest BCUT2D eigenvalue weighted by Gasteiger charge is -2.25. The van der Waals surface area contributed by atoms with Crippen molar-refractivity contribution in [1.29, 1.82) is 0 Å². The van der Waals surface area contributed by atoms with E-state index >= 15 is 0 Å². The molecule has 28 heavy (non-hydrogen) atoms. The Kier molecular flexibility index (Phi) is 6.22. The van der Waals surface area contributed by atoms with Gasteiger partial charge in [-0.25, -0.2) is 4.39 Å². The van der Waals surface area contributed by atoms with E-state index in [0.717, 1.165) is 30.2 Å². The van der Waals surface area contributed by atoms with Gasteiger partial charge in [0.05, 0.1) is 5.75 Å². The number of thioether (sulfide) groups is 1. The Morgan fingerprint density at radius 1 is 1.18 bits per heavy atom. The quantitative estimate of drug-likeness (QED) is 0.375. The van der Waals surface area contributed by atoms with Crippen molar-refractivity contribution in [2.24, 2.45) is 0 Å². The molecule has 2 aromatic heterocycles. The summed E-state index contributed by atoms with van der Waals surface area (Å²) in [6.45, 7) is 0. The van der Waals surface area contributed by atoms with Crippen molar-refractivity contribution in [1.82, 2.24) is 14.8 Å². The molecular weight excluding hydrogens is 393 g/mol. The van der Waals surface area contributed by atoms with Crippen LogP contribution >= 0.6 is 23.1 Å². The van der Waals surface area contributed by atoms with Crippen molar-refractivity contribution < 1.29 is 9.18 Å². The van der Waals surface area contributed by atoms with Crippen molar-refractivity contribution in [3.63, 3.8) is 0 Å². The van der Waals surface area contributed by atoms with Crippen LogP contribution in [0.1, 0.15) is 59.2 Å². The first kappa shape index (κ1) is 19.3. The molecule has 0 atom stereocenters. The molecule has 1 aliphatic carbocycles. The summed E-state index contributed by atoms with van der Waals surface area (Å²) in [7, 11) is 0. The van der Waals surface area contributed by atoms with Crippen molar-refractivity contribution >= 4 is 28.9 Å². The topological polar surface area (TPSA) is 47.8 Å². The predicted octanol–water partition coefficient (Wildman–Crippen LogP) is 5.55. The van der Waals surface area contributed by atoms with Crippen molar-refractivity contribution in [3.05, 3.63) is 63.9 Å². The van der Waals surface area contributed by atoms with Crippen LogP contribution < -0.4 is 0 Å². The highest BCUT2D eigenvalue weighted by Crippen LogP contribution is 2.33. The van der Waals surface area contributed by atoms with E-state index in [9.17, 15) is 9.18 Å². The molecule has 0 amide bonds. The maximum absolute atomic E-state index is 13.4. The number of rotatable bonds is 7. The van der Waals surface area contributed by atoms with Crippen LogP contribution in [-0.2, 0) is 6.42 Å². The lowest BCUT2D eigenvalue weighted by molar-refractivity contribution is 0.102. The molecule has 1 fully saturated rings. The molecular formula is C21H22FN3OS2. The molecule has 146 valence electrons. The van der Waals surface area contributed by atoms with E-state index in [1.165, 1.54) is 48.0 Å². The zero-order chi connectivity index (χ0) is 19.3. The number of hydrogen-bond acceptors (Lipinski definition) is 5. The molecule has 7 heteroatoms. The average molecular weight is 416 g/mol. The summed E-state index contributed by atoms with van der Waals surface area (Å²) in [6, 6.07) is 10.4. The third kappa shape index (κ3) is 4.52. The SMILES string of the molecule is O=C(CSc1nnc(Cc2cccs2)n1C1CCCCC1)c1cccc(F)c1. The fourth-order valence-electron chi connectivity index (χ4n) is 3.68. The van der Waals surface area contributed by atoms with Gasteiger partial charge in [0.2, 0.25) is 0 Å². The molecule has 1 saturated carbocycles. The first-order chi connectivity index (χ1) is 13.7. The molecule has 0 unspecified atom stereocenters. The van der Waals surface area contributed by atoms with E-state index in [0.29, 0.717) is 11.6 Å². The monoisotopic (exact) mass is 415 g/mol. The fraction of sp³-hybridized carbons (Fsp3) is 0.381. The molecule has 0 spiro atoms. The number of hydrogen-bond donors (Lipinski definition) is 0. The molecule has 0 radical (unpaired) electrons. The van der Waals surface area contributed by atoms with E-state index < -0.39 is 0 Å². The molecule has 2 heterocycles. The molecule has 0 saturated heterocycles. The number of carbonyl (C=O) groups excluding carboxylic acids is 1. The highest BCUT2D eigenvalue weighted by molar-refractivity contribution is 7.99. The highest BCUT2D eigenvalue weighted by atomic mass is 32.2. The minimum absolute atomic E-state index is 0.0949. The average Bonchev–Trinajstić information content (AvgIpc) is 3.37. The molecule has 1 aliphatic rings. The Morgan fingerprint density at radius 2 is 2.04 bits per heavy atom. The van der Waals surface area contributed by atoms with E-state index in [1.54, 1.807) is 23.5 Å². The van der Waals surface area contributed by atoms with Gasteiger partial charge >= 0.3 is 0 Å². The number of thiophene rings is 1. The summed E-state index contributed by atoms with van der Waals surface area (Å²) >= 11 is 3.13. The second kappa shape index (κ2) is 9.01. The van der Waals surface area contributed by atoms with Crippen molar-refractivity contribution in [2.45, 2.75) is 49.7 Å². The van der Waals surface area contributed by atoms with Gasteiger partial charge in [-0.2, -0.15) is 0 Å². The van der Waals surface area contributed by atoms with Gasteiger partial charge in [0.15, 0.2) is 10.9 Å². The summed E-state index contributed by atoms with van der Waals surface area (Å²) in [5.41, 5.74) is 0.398. The Morgan fingerprint density at radius 3 is 2.79 bits per heavy atom. The molecule has 4 nitrogen and oxygen atoms in total. The van der Waals surface area contributed by atoms with Crippen LogP contribution in [0.5, 0.6) is 0 Å². The van der Waals surface area contributed by atoms with Gasteiger partial charge in [-0.1, -0.05) is 49.2 Å². The fourth-order valence-corrected chi connectivity index (χ4v) is 5.30. The molecule has 3 aromatic rings. The molecule has 0 aliphatic heterocycles. The van der Waals surface area contributed by atoms with Gasteiger partial charge in [-0.3, -0.25) is 4.79 Å². The number of halogens is 1. The van der Waals surface area contributed by atoms with E-state index in [1.807, 2.05) is 0 Å². The summed E-state index contributed by atoms with van der Waals surface area (Å²) < 4.78 is 15.6. The van der Waals surface area contributed by atoms with Crippen LogP contribution in [0, 0.1) is 5.82 Å². The van der Waals surface area contributed by atoms with Gasteiger partial charge in [-0.05, 0) is 36.4 Å². The van der Waals surface area contributed by atoms with Crippen LogP contribution in [0.25, 0.3) is 0 Å². The molecule has 0 N–H and O–H groups in total. The van der Waals surface area contributed by atoms with Gasteiger partial charge in [0, 0.05) is 22.9 Å². The van der Waals surface area contributed by atoms with Gasteiger partial charge in [0.25, 0.3) is 0 Å². The summed E-state index contributed by atoms with van der Waals surface area (Å²) in [6.07, 6.45) is 6.72. The van der Waals surface area contributed by atoms with Crippen LogP contribution in [0.3, 0.4) is 0 Å². The Bertz CT molecular complexity index is 933. The predicted molar refractivity (Wildman–Crippen MR) is 111 cm³/mol. The first-order valence-corrected chi connectivity index (χ1v) is 11.4.